The van der Waals surface area contributed by atoms with E-state index in [0.29, 0.717) is 11.8 Å². The molecule has 0 aliphatic heterocycles. The quantitative estimate of drug-likeness (QED) is 0.648. The molecule has 66 valence electrons. The zero-order valence-electron chi connectivity index (χ0n) is 6.59. The maximum absolute atomic E-state index is 12.7. The van der Waals surface area contributed by atoms with E-state index in [4.69, 9.17) is 0 Å². The highest BCUT2D eigenvalue weighted by Gasteiger charge is 2.19. The van der Waals surface area contributed by atoms with Gasteiger partial charge in [0.1, 0.15) is 0 Å². The SMILES string of the molecule is C=CS(=O)(=O)C(F)CCCC. The molecule has 0 heterocycles. The van der Waals surface area contributed by atoms with Gasteiger partial charge >= 0.3 is 0 Å². The van der Waals surface area contributed by atoms with Crippen LogP contribution in [0.4, 0.5) is 4.39 Å². The lowest BCUT2D eigenvalue weighted by molar-refractivity contribution is 0.393. The van der Waals surface area contributed by atoms with E-state index in [-0.39, 0.29) is 6.42 Å². The van der Waals surface area contributed by atoms with Crippen LogP contribution >= 0.6 is 0 Å². The Labute approximate surface area is 67.0 Å². The van der Waals surface area contributed by atoms with Crippen LogP contribution in [0.3, 0.4) is 0 Å². The Hall–Kier alpha value is -0.380. The van der Waals surface area contributed by atoms with Crippen LogP contribution in [0.25, 0.3) is 0 Å². The predicted molar refractivity (Wildman–Crippen MR) is 43.5 cm³/mol. The molecule has 0 aromatic carbocycles. The molecule has 0 saturated carbocycles. The maximum Gasteiger partial charge on any atom is 0.204 e. The van der Waals surface area contributed by atoms with Gasteiger partial charge in [-0.2, -0.15) is 0 Å². The molecule has 4 heteroatoms. The normalized spacial score (nSPS) is 14.4. The minimum absolute atomic E-state index is 0.0743. The number of hydrogen-bond acceptors (Lipinski definition) is 2. The number of sulfone groups is 1. The third-order valence-corrected chi connectivity index (χ3v) is 2.79. The van der Waals surface area contributed by atoms with Gasteiger partial charge in [-0.1, -0.05) is 19.9 Å². The van der Waals surface area contributed by atoms with E-state index in [1.165, 1.54) is 0 Å². The molecule has 0 aliphatic rings. The summed E-state index contributed by atoms with van der Waals surface area (Å²) < 4.78 is 34.1. The van der Waals surface area contributed by atoms with Crippen LogP contribution in [0.1, 0.15) is 26.2 Å². The zero-order valence-corrected chi connectivity index (χ0v) is 7.40. The fourth-order valence-corrected chi connectivity index (χ4v) is 1.34. The van der Waals surface area contributed by atoms with E-state index >= 15 is 0 Å². The zero-order chi connectivity index (χ0) is 8.91. The molecule has 0 aromatic rings. The third-order valence-electron chi connectivity index (χ3n) is 1.37. The molecule has 0 bridgehead atoms. The van der Waals surface area contributed by atoms with Crippen molar-refractivity contribution in [3.05, 3.63) is 12.0 Å². The number of halogens is 1. The Kier molecular flexibility index (Phi) is 4.33. The van der Waals surface area contributed by atoms with Gasteiger partial charge < -0.3 is 0 Å². The van der Waals surface area contributed by atoms with Crippen molar-refractivity contribution in [3.63, 3.8) is 0 Å². The van der Waals surface area contributed by atoms with Gasteiger partial charge in [-0.05, 0) is 12.8 Å². The topological polar surface area (TPSA) is 34.1 Å². The van der Waals surface area contributed by atoms with E-state index in [9.17, 15) is 12.8 Å². The molecule has 0 radical (unpaired) electrons. The highest BCUT2D eigenvalue weighted by molar-refractivity contribution is 7.94. The van der Waals surface area contributed by atoms with Crippen molar-refractivity contribution >= 4 is 9.84 Å². The molecule has 11 heavy (non-hydrogen) atoms. The van der Waals surface area contributed by atoms with Crippen LogP contribution in [-0.2, 0) is 9.84 Å². The smallest absolute Gasteiger partial charge is 0.204 e. The van der Waals surface area contributed by atoms with Crippen molar-refractivity contribution in [1.29, 1.82) is 0 Å². The maximum atomic E-state index is 12.7. The molecule has 0 fully saturated rings. The van der Waals surface area contributed by atoms with Crippen molar-refractivity contribution < 1.29 is 12.8 Å². The van der Waals surface area contributed by atoms with Crippen molar-refractivity contribution in [2.45, 2.75) is 31.7 Å². The molecule has 2 nitrogen and oxygen atoms in total. The van der Waals surface area contributed by atoms with Gasteiger partial charge in [0.25, 0.3) is 0 Å². The van der Waals surface area contributed by atoms with Crippen molar-refractivity contribution in [2.75, 3.05) is 0 Å². The first-order valence-corrected chi connectivity index (χ1v) is 5.16. The van der Waals surface area contributed by atoms with Crippen LogP contribution in [0, 0.1) is 0 Å². The minimum Gasteiger partial charge on any atom is -0.230 e. The van der Waals surface area contributed by atoms with Crippen LogP contribution < -0.4 is 0 Å². The number of alkyl halides is 1. The fraction of sp³-hybridized carbons (Fsp3) is 0.714. The lowest BCUT2D eigenvalue weighted by Gasteiger charge is -2.03. The Bertz CT molecular complexity index is 208. The van der Waals surface area contributed by atoms with E-state index in [1.807, 2.05) is 6.92 Å². The third kappa shape index (κ3) is 3.51. The lowest BCUT2D eigenvalue weighted by Crippen LogP contribution is -2.12. The van der Waals surface area contributed by atoms with Crippen LogP contribution in [-0.4, -0.2) is 13.9 Å². The first-order chi connectivity index (χ1) is 5.04. The average Bonchev–Trinajstić information content (AvgIpc) is 2.00. The number of hydrogen-bond donors (Lipinski definition) is 0. The first kappa shape index (κ1) is 10.6. The summed E-state index contributed by atoms with van der Waals surface area (Å²) in [5, 5.41) is 0.674. The fourth-order valence-electron chi connectivity index (χ4n) is 0.633. The van der Waals surface area contributed by atoms with Crippen molar-refractivity contribution in [2.24, 2.45) is 0 Å². The van der Waals surface area contributed by atoms with Crippen molar-refractivity contribution in [1.82, 2.24) is 0 Å². The molecular weight excluding hydrogens is 167 g/mol. The van der Waals surface area contributed by atoms with E-state index in [0.717, 1.165) is 6.42 Å². The summed E-state index contributed by atoms with van der Waals surface area (Å²) in [6, 6.07) is 0. The monoisotopic (exact) mass is 180 g/mol. The van der Waals surface area contributed by atoms with Gasteiger partial charge in [0.15, 0.2) is 0 Å². The predicted octanol–water partition coefficient (Wildman–Crippen LogP) is 2.03. The van der Waals surface area contributed by atoms with Crippen LogP contribution in [0.5, 0.6) is 0 Å². The van der Waals surface area contributed by atoms with Crippen LogP contribution in [0.2, 0.25) is 0 Å². The lowest BCUT2D eigenvalue weighted by atomic mass is 10.3. The van der Waals surface area contributed by atoms with Crippen molar-refractivity contribution in [3.8, 4) is 0 Å². The summed E-state index contributed by atoms with van der Waals surface area (Å²) >= 11 is 0. The first-order valence-electron chi connectivity index (χ1n) is 3.55. The summed E-state index contributed by atoms with van der Waals surface area (Å²) in [4.78, 5) is 0. The molecule has 0 saturated heterocycles. The second-order valence-corrected chi connectivity index (χ2v) is 4.33. The summed E-state index contributed by atoms with van der Waals surface area (Å²) in [6.45, 7) is 4.92. The number of unbranched alkanes of at least 4 members (excludes halogenated alkanes) is 1. The number of rotatable bonds is 5. The summed E-state index contributed by atoms with van der Waals surface area (Å²) in [6.07, 6.45) is 1.46. The Balaban J connectivity index is 4.03. The molecular formula is C7H13FO2S. The van der Waals surface area contributed by atoms with E-state index in [1.54, 1.807) is 0 Å². The molecule has 0 aromatic heterocycles. The molecule has 1 unspecified atom stereocenters. The van der Waals surface area contributed by atoms with E-state index < -0.39 is 15.3 Å². The highest BCUT2D eigenvalue weighted by atomic mass is 32.2. The van der Waals surface area contributed by atoms with Gasteiger partial charge in [0.2, 0.25) is 15.3 Å². The van der Waals surface area contributed by atoms with Gasteiger partial charge in [-0.3, -0.25) is 0 Å². The molecule has 0 rings (SSSR count). The second-order valence-electron chi connectivity index (χ2n) is 2.31. The molecule has 0 spiro atoms. The molecule has 0 N–H and O–H groups in total. The summed E-state index contributed by atoms with van der Waals surface area (Å²) in [5.41, 5.74) is -1.76. The Morgan fingerprint density at radius 3 is 2.55 bits per heavy atom. The van der Waals surface area contributed by atoms with Gasteiger partial charge in [0.05, 0.1) is 0 Å². The van der Waals surface area contributed by atoms with E-state index in [2.05, 4.69) is 6.58 Å². The average molecular weight is 180 g/mol. The molecule has 0 aliphatic carbocycles. The highest BCUT2D eigenvalue weighted by Crippen LogP contribution is 2.12. The summed E-state index contributed by atoms with van der Waals surface area (Å²) in [7, 11) is -3.67. The summed E-state index contributed by atoms with van der Waals surface area (Å²) in [5.74, 6) is 0. The largest absolute Gasteiger partial charge is 0.230 e. The minimum atomic E-state index is -3.67. The standard InChI is InChI=1S/C7H13FO2S/c1-3-5-6-7(8)11(9,10)4-2/h4,7H,2-3,5-6H2,1H3. The molecule has 0 amide bonds. The Morgan fingerprint density at radius 1 is 1.64 bits per heavy atom. The molecule has 1 atom stereocenters. The Morgan fingerprint density at radius 2 is 2.18 bits per heavy atom. The van der Waals surface area contributed by atoms with Gasteiger partial charge in [-0.25, -0.2) is 12.8 Å². The van der Waals surface area contributed by atoms with Gasteiger partial charge in [-0.15, -0.1) is 0 Å². The van der Waals surface area contributed by atoms with Gasteiger partial charge in [0, 0.05) is 5.41 Å². The van der Waals surface area contributed by atoms with Crippen LogP contribution in [0.15, 0.2) is 12.0 Å². The second kappa shape index (κ2) is 4.49.